The summed E-state index contributed by atoms with van der Waals surface area (Å²) >= 11 is 16.9. The van der Waals surface area contributed by atoms with Crippen molar-refractivity contribution in [3.63, 3.8) is 0 Å². The van der Waals surface area contributed by atoms with E-state index in [0.717, 1.165) is 6.07 Å². The summed E-state index contributed by atoms with van der Waals surface area (Å²) in [5.74, 6) is -1.51. The van der Waals surface area contributed by atoms with Gasteiger partial charge in [-0.15, -0.1) is 0 Å². The highest BCUT2D eigenvalue weighted by Gasteiger charge is 2.24. The number of carbonyl (C=O) groups is 1. The molecular formula is C8H3Cl3NO4-. The van der Waals surface area contributed by atoms with E-state index in [9.17, 15) is 20.0 Å². The topological polar surface area (TPSA) is 83.3 Å². The highest BCUT2D eigenvalue weighted by atomic mass is 35.5. The first-order chi connectivity index (χ1) is 7.34. The van der Waals surface area contributed by atoms with Crippen molar-refractivity contribution in [2.45, 2.75) is 6.42 Å². The van der Waals surface area contributed by atoms with Gasteiger partial charge in [-0.3, -0.25) is 10.1 Å². The van der Waals surface area contributed by atoms with Crippen molar-refractivity contribution in [2.75, 3.05) is 0 Å². The van der Waals surface area contributed by atoms with E-state index in [1.165, 1.54) is 0 Å². The number of nitro benzene ring substituents is 1. The highest BCUT2D eigenvalue weighted by Crippen LogP contribution is 2.38. The molecule has 1 aromatic carbocycles. The number of halogens is 3. The molecule has 0 saturated carbocycles. The molecule has 5 nitrogen and oxygen atoms in total. The Labute approximate surface area is 105 Å². The lowest BCUT2D eigenvalue weighted by molar-refractivity contribution is -0.385. The molecule has 0 N–H and O–H groups in total. The predicted molar refractivity (Wildman–Crippen MR) is 56.8 cm³/mol. The van der Waals surface area contributed by atoms with Crippen LogP contribution in [-0.4, -0.2) is 10.9 Å². The van der Waals surface area contributed by atoms with Crippen molar-refractivity contribution < 1.29 is 14.8 Å². The molecule has 0 aliphatic rings. The standard InChI is InChI=1S/C8H4Cl3NO4/c9-4-2-5(10)8(12(15)16)3(7(4)11)1-6(13)14/h2H,1H2,(H,13,14)/p-1. The Hall–Kier alpha value is -1.04. The van der Waals surface area contributed by atoms with Crippen LogP contribution < -0.4 is 5.11 Å². The van der Waals surface area contributed by atoms with Crippen molar-refractivity contribution in [2.24, 2.45) is 0 Å². The van der Waals surface area contributed by atoms with Crippen LogP contribution in [0, 0.1) is 10.1 Å². The first-order valence-electron chi connectivity index (χ1n) is 3.85. The summed E-state index contributed by atoms with van der Waals surface area (Å²) < 4.78 is 0. The van der Waals surface area contributed by atoms with Gasteiger partial charge in [-0.1, -0.05) is 34.8 Å². The van der Waals surface area contributed by atoms with Crippen LogP contribution in [0.1, 0.15) is 5.56 Å². The number of nitro groups is 1. The van der Waals surface area contributed by atoms with Gasteiger partial charge in [-0.05, 0) is 6.07 Å². The van der Waals surface area contributed by atoms with Crippen LogP contribution in [0.2, 0.25) is 15.1 Å². The van der Waals surface area contributed by atoms with E-state index >= 15 is 0 Å². The number of nitrogens with zero attached hydrogens (tertiary/aromatic N) is 1. The van der Waals surface area contributed by atoms with Gasteiger partial charge in [0, 0.05) is 12.4 Å². The largest absolute Gasteiger partial charge is 0.550 e. The molecule has 0 aliphatic heterocycles. The van der Waals surface area contributed by atoms with Crippen molar-refractivity contribution >= 4 is 46.5 Å². The van der Waals surface area contributed by atoms with E-state index in [1.54, 1.807) is 0 Å². The van der Waals surface area contributed by atoms with Gasteiger partial charge < -0.3 is 9.90 Å². The van der Waals surface area contributed by atoms with Crippen LogP contribution in [-0.2, 0) is 11.2 Å². The van der Waals surface area contributed by atoms with Crippen LogP contribution >= 0.6 is 34.8 Å². The van der Waals surface area contributed by atoms with E-state index in [-0.39, 0.29) is 20.6 Å². The molecule has 0 saturated heterocycles. The SMILES string of the molecule is O=C([O-])Cc1c(Cl)c(Cl)cc(Cl)c1[N+](=O)[O-]. The third-order valence-corrected chi connectivity index (χ3v) is 2.86. The van der Waals surface area contributed by atoms with Crippen LogP contribution in [0.25, 0.3) is 0 Å². The van der Waals surface area contributed by atoms with Crippen molar-refractivity contribution in [3.8, 4) is 0 Å². The second kappa shape index (κ2) is 4.86. The molecule has 0 amide bonds. The Balaban J connectivity index is 3.51. The lowest BCUT2D eigenvalue weighted by Crippen LogP contribution is -2.25. The molecule has 0 fully saturated rings. The van der Waals surface area contributed by atoms with Crippen molar-refractivity contribution in [3.05, 3.63) is 36.8 Å². The normalized spacial score (nSPS) is 10.2. The molecule has 16 heavy (non-hydrogen) atoms. The summed E-state index contributed by atoms with van der Waals surface area (Å²) in [6.07, 6.45) is -0.727. The summed E-state index contributed by atoms with van der Waals surface area (Å²) in [6, 6.07) is 1.09. The molecule has 0 aromatic heterocycles. The second-order valence-electron chi connectivity index (χ2n) is 2.79. The number of carbonyl (C=O) groups excluding carboxylic acids is 1. The van der Waals surface area contributed by atoms with Crippen LogP contribution in [0.15, 0.2) is 6.07 Å². The smallest absolute Gasteiger partial charge is 0.293 e. The van der Waals surface area contributed by atoms with E-state index in [1.807, 2.05) is 0 Å². The van der Waals surface area contributed by atoms with Gasteiger partial charge in [0.05, 0.1) is 20.5 Å². The quantitative estimate of drug-likeness (QED) is 0.481. The fourth-order valence-electron chi connectivity index (χ4n) is 1.14. The van der Waals surface area contributed by atoms with Crippen molar-refractivity contribution in [1.29, 1.82) is 0 Å². The Bertz CT molecular complexity index is 475. The van der Waals surface area contributed by atoms with E-state index in [4.69, 9.17) is 34.8 Å². The molecule has 0 radical (unpaired) electrons. The summed E-state index contributed by atoms with van der Waals surface area (Å²) in [6.45, 7) is 0. The minimum Gasteiger partial charge on any atom is -0.550 e. The molecular weight excluding hydrogens is 280 g/mol. The van der Waals surface area contributed by atoms with Crippen molar-refractivity contribution in [1.82, 2.24) is 0 Å². The van der Waals surface area contributed by atoms with E-state index in [2.05, 4.69) is 0 Å². The minimum absolute atomic E-state index is 0.0477. The monoisotopic (exact) mass is 282 g/mol. The number of aliphatic carboxylic acids is 1. The number of hydrogen-bond acceptors (Lipinski definition) is 4. The van der Waals surface area contributed by atoms with E-state index < -0.39 is 23.0 Å². The highest BCUT2D eigenvalue weighted by molar-refractivity contribution is 6.44. The van der Waals surface area contributed by atoms with Crippen LogP contribution in [0.3, 0.4) is 0 Å². The summed E-state index contributed by atoms with van der Waals surface area (Å²) in [5.41, 5.74) is -0.829. The maximum Gasteiger partial charge on any atom is 0.293 e. The molecule has 86 valence electrons. The molecule has 0 spiro atoms. The third-order valence-electron chi connectivity index (χ3n) is 1.74. The van der Waals surface area contributed by atoms with Gasteiger partial charge in [-0.2, -0.15) is 0 Å². The van der Waals surface area contributed by atoms with Gasteiger partial charge in [0.2, 0.25) is 0 Å². The first kappa shape index (κ1) is 13.0. The van der Waals surface area contributed by atoms with Crippen LogP contribution in [0.4, 0.5) is 5.69 Å². The lowest BCUT2D eigenvalue weighted by Gasteiger charge is -2.08. The second-order valence-corrected chi connectivity index (χ2v) is 3.98. The number of rotatable bonds is 3. The number of benzene rings is 1. The van der Waals surface area contributed by atoms with Crippen LogP contribution in [0.5, 0.6) is 0 Å². The van der Waals surface area contributed by atoms with Gasteiger partial charge in [-0.25, -0.2) is 0 Å². The lowest BCUT2D eigenvalue weighted by atomic mass is 10.1. The first-order valence-corrected chi connectivity index (χ1v) is 4.98. The molecule has 0 atom stereocenters. The van der Waals surface area contributed by atoms with E-state index in [0.29, 0.717) is 0 Å². The third kappa shape index (κ3) is 2.55. The number of carboxylic acid groups (broad SMARTS) is 1. The zero-order chi connectivity index (χ0) is 12.5. The van der Waals surface area contributed by atoms with Gasteiger partial charge >= 0.3 is 0 Å². The Morgan fingerprint density at radius 3 is 2.31 bits per heavy atom. The summed E-state index contributed by atoms with van der Waals surface area (Å²) in [4.78, 5) is 20.3. The molecule has 0 heterocycles. The average molecular weight is 283 g/mol. The number of carboxylic acids is 1. The molecule has 8 heteroatoms. The zero-order valence-electron chi connectivity index (χ0n) is 7.50. The fourth-order valence-corrected chi connectivity index (χ4v) is 1.92. The molecule has 1 aromatic rings. The molecule has 1 rings (SSSR count). The minimum atomic E-state index is -1.51. The molecule has 0 aliphatic carbocycles. The summed E-state index contributed by atoms with van der Waals surface area (Å²) in [7, 11) is 0. The maximum atomic E-state index is 10.7. The number of hydrogen-bond donors (Lipinski definition) is 0. The van der Waals surface area contributed by atoms with Gasteiger partial charge in [0.15, 0.2) is 0 Å². The average Bonchev–Trinajstić information content (AvgIpc) is 2.12. The zero-order valence-corrected chi connectivity index (χ0v) is 9.77. The Kier molecular flexibility index (Phi) is 3.96. The fraction of sp³-hybridized carbons (Fsp3) is 0.125. The molecule has 0 bridgehead atoms. The predicted octanol–water partition coefficient (Wildman–Crippen LogP) is 1.85. The maximum absolute atomic E-state index is 10.7. The summed E-state index contributed by atoms with van der Waals surface area (Å²) in [5, 5.41) is 20.6. The van der Waals surface area contributed by atoms with Gasteiger partial charge in [0.25, 0.3) is 5.69 Å². The van der Waals surface area contributed by atoms with Gasteiger partial charge in [0.1, 0.15) is 5.02 Å². The Morgan fingerprint density at radius 1 is 1.31 bits per heavy atom. The molecule has 0 unspecified atom stereocenters. The Morgan fingerprint density at radius 2 is 1.88 bits per heavy atom.